The van der Waals surface area contributed by atoms with Gasteiger partial charge in [-0.3, -0.25) is 0 Å². The van der Waals surface area contributed by atoms with Gasteiger partial charge >= 0.3 is 0 Å². The summed E-state index contributed by atoms with van der Waals surface area (Å²) in [7, 11) is 0. The summed E-state index contributed by atoms with van der Waals surface area (Å²) in [5.41, 5.74) is 0.771. The molecule has 0 N–H and O–H groups in total. The minimum atomic E-state index is -1.03. The van der Waals surface area contributed by atoms with Crippen LogP contribution in [0.25, 0.3) is 0 Å². The van der Waals surface area contributed by atoms with Crippen LogP contribution in [0.15, 0.2) is 11.4 Å². The lowest BCUT2D eigenvalue weighted by Crippen LogP contribution is -1.93. The average Bonchev–Trinajstić information content (AvgIpc) is 1.96. The summed E-state index contributed by atoms with van der Waals surface area (Å²) in [6.07, 6.45) is 3.53. The fraction of sp³-hybridized carbons (Fsp3) is 0.714. The Hall–Kier alpha value is 0.390. The second-order valence-electron chi connectivity index (χ2n) is 2.92. The van der Waals surface area contributed by atoms with E-state index in [4.69, 9.17) is 11.8 Å². The Balaban J connectivity index is 2.94. The normalized spacial score (nSPS) is 43.0. The SMILES string of the molecule is CC1=CC[C@@H](C)[P@@]1(C)=S. The van der Waals surface area contributed by atoms with Gasteiger partial charge in [-0.15, -0.1) is 0 Å². The van der Waals surface area contributed by atoms with Gasteiger partial charge in [0.2, 0.25) is 0 Å². The second-order valence-corrected chi connectivity index (χ2v) is 8.76. The summed E-state index contributed by atoms with van der Waals surface area (Å²) in [5.74, 6) is 0. The van der Waals surface area contributed by atoms with Crippen LogP contribution in [0, 0.1) is 0 Å². The molecule has 0 saturated carbocycles. The lowest BCUT2D eigenvalue weighted by molar-refractivity contribution is 0.988. The van der Waals surface area contributed by atoms with E-state index in [1.54, 1.807) is 0 Å². The molecule has 0 radical (unpaired) electrons. The zero-order valence-electron chi connectivity index (χ0n) is 6.22. The fourth-order valence-corrected chi connectivity index (χ4v) is 3.22. The smallest absolute Gasteiger partial charge is 0.00798 e. The molecule has 52 valence electrons. The molecule has 0 aliphatic carbocycles. The Bertz CT molecular complexity index is 193. The summed E-state index contributed by atoms with van der Waals surface area (Å²) in [6.45, 7) is 6.71. The van der Waals surface area contributed by atoms with Crippen LogP contribution >= 0.6 is 6.04 Å². The third-order valence-corrected chi connectivity index (χ3v) is 7.72. The van der Waals surface area contributed by atoms with E-state index in [0.717, 1.165) is 5.66 Å². The van der Waals surface area contributed by atoms with Crippen molar-refractivity contribution in [3.8, 4) is 0 Å². The Kier molecular flexibility index (Phi) is 1.84. The van der Waals surface area contributed by atoms with Crippen LogP contribution in [0.3, 0.4) is 0 Å². The molecule has 0 amide bonds. The molecule has 0 nitrogen and oxygen atoms in total. The van der Waals surface area contributed by atoms with Crippen LogP contribution in [0.2, 0.25) is 0 Å². The topological polar surface area (TPSA) is 0 Å². The van der Waals surface area contributed by atoms with Crippen molar-refractivity contribution in [3.05, 3.63) is 11.4 Å². The van der Waals surface area contributed by atoms with Crippen molar-refractivity contribution in [3.63, 3.8) is 0 Å². The first-order valence-corrected chi connectivity index (χ1v) is 6.61. The van der Waals surface area contributed by atoms with Crippen molar-refractivity contribution >= 4 is 17.8 Å². The summed E-state index contributed by atoms with van der Waals surface area (Å²) < 4.78 is 0. The minimum Gasteiger partial charge on any atom is -0.0929 e. The van der Waals surface area contributed by atoms with Gasteiger partial charge in [0.05, 0.1) is 0 Å². The molecule has 0 fully saturated rings. The van der Waals surface area contributed by atoms with E-state index in [-0.39, 0.29) is 0 Å². The average molecular weight is 160 g/mol. The minimum absolute atomic E-state index is 0.771. The van der Waals surface area contributed by atoms with Gasteiger partial charge in [-0.25, -0.2) is 0 Å². The maximum Gasteiger partial charge on any atom is -0.00798 e. The van der Waals surface area contributed by atoms with Crippen LogP contribution in [-0.4, -0.2) is 12.3 Å². The highest BCUT2D eigenvalue weighted by atomic mass is 32.4. The molecular formula is C7H13PS. The van der Waals surface area contributed by atoms with Crippen molar-refractivity contribution in [2.24, 2.45) is 0 Å². The first-order valence-electron chi connectivity index (χ1n) is 3.29. The molecule has 1 heterocycles. The van der Waals surface area contributed by atoms with E-state index in [9.17, 15) is 0 Å². The Morgan fingerprint density at radius 3 is 2.44 bits per heavy atom. The highest BCUT2D eigenvalue weighted by Crippen LogP contribution is 2.60. The molecule has 2 heteroatoms. The lowest BCUT2D eigenvalue weighted by Gasteiger charge is -2.16. The largest absolute Gasteiger partial charge is 0.0929 e. The Morgan fingerprint density at radius 2 is 2.33 bits per heavy atom. The van der Waals surface area contributed by atoms with E-state index < -0.39 is 6.04 Å². The molecular weight excluding hydrogens is 147 g/mol. The van der Waals surface area contributed by atoms with Crippen molar-refractivity contribution in [1.29, 1.82) is 0 Å². The van der Waals surface area contributed by atoms with Crippen LogP contribution in [0.5, 0.6) is 0 Å². The number of hydrogen-bond donors (Lipinski definition) is 0. The molecule has 0 spiro atoms. The molecule has 0 saturated heterocycles. The maximum atomic E-state index is 5.50. The zero-order valence-corrected chi connectivity index (χ0v) is 7.93. The third kappa shape index (κ3) is 1.13. The predicted molar refractivity (Wildman–Crippen MR) is 48.0 cm³/mol. The van der Waals surface area contributed by atoms with Crippen LogP contribution in [-0.2, 0) is 11.8 Å². The zero-order chi connectivity index (χ0) is 7.07. The third-order valence-electron chi connectivity index (χ3n) is 2.30. The molecule has 2 atom stereocenters. The molecule has 0 aromatic heterocycles. The van der Waals surface area contributed by atoms with Gasteiger partial charge < -0.3 is 0 Å². The van der Waals surface area contributed by atoms with E-state index in [0.29, 0.717) is 0 Å². The summed E-state index contributed by atoms with van der Waals surface area (Å²) in [6, 6.07) is -1.03. The molecule has 0 bridgehead atoms. The van der Waals surface area contributed by atoms with E-state index in [2.05, 4.69) is 26.6 Å². The molecule has 9 heavy (non-hydrogen) atoms. The highest BCUT2D eigenvalue weighted by molar-refractivity contribution is 8.16. The number of rotatable bonds is 0. The number of hydrogen-bond acceptors (Lipinski definition) is 1. The second kappa shape index (κ2) is 2.21. The van der Waals surface area contributed by atoms with Gasteiger partial charge in [-0.1, -0.05) is 24.8 Å². The Labute approximate surface area is 62.4 Å². The van der Waals surface area contributed by atoms with Gasteiger partial charge in [0.15, 0.2) is 0 Å². The van der Waals surface area contributed by atoms with Gasteiger partial charge in [-0.05, 0) is 37.0 Å². The van der Waals surface area contributed by atoms with E-state index in [1.165, 1.54) is 11.7 Å². The highest BCUT2D eigenvalue weighted by Gasteiger charge is 2.25. The maximum absolute atomic E-state index is 5.50. The van der Waals surface area contributed by atoms with Crippen LogP contribution in [0.1, 0.15) is 20.3 Å². The first kappa shape index (κ1) is 7.50. The molecule has 1 rings (SSSR count). The van der Waals surface area contributed by atoms with Crippen molar-refractivity contribution in [2.75, 3.05) is 6.66 Å². The van der Waals surface area contributed by atoms with Crippen LogP contribution < -0.4 is 0 Å². The lowest BCUT2D eigenvalue weighted by atomic mass is 10.3. The van der Waals surface area contributed by atoms with Crippen molar-refractivity contribution in [2.45, 2.75) is 25.9 Å². The summed E-state index contributed by atoms with van der Waals surface area (Å²) in [5, 5.41) is 1.49. The molecule has 1 aliphatic heterocycles. The van der Waals surface area contributed by atoms with Gasteiger partial charge in [0.25, 0.3) is 0 Å². The first-order chi connectivity index (χ1) is 4.05. The van der Waals surface area contributed by atoms with Crippen LogP contribution in [0.4, 0.5) is 0 Å². The van der Waals surface area contributed by atoms with Gasteiger partial charge in [0, 0.05) is 0 Å². The quantitative estimate of drug-likeness (QED) is 0.491. The summed E-state index contributed by atoms with van der Waals surface area (Å²) in [4.78, 5) is 0. The molecule has 1 aliphatic rings. The molecule has 0 aromatic carbocycles. The summed E-state index contributed by atoms with van der Waals surface area (Å²) >= 11 is 5.50. The monoisotopic (exact) mass is 160 g/mol. The number of allylic oxidation sites excluding steroid dienone is 2. The fourth-order valence-electron chi connectivity index (χ4n) is 1.07. The molecule has 0 aromatic rings. The van der Waals surface area contributed by atoms with Crippen molar-refractivity contribution < 1.29 is 0 Å². The van der Waals surface area contributed by atoms with E-state index >= 15 is 0 Å². The van der Waals surface area contributed by atoms with Gasteiger partial charge in [-0.2, -0.15) is 0 Å². The predicted octanol–water partition coefficient (Wildman–Crippen LogP) is 2.79. The van der Waals surface area contributed by atoms with Gasteiger partial charge in [0.1, 0.15) is 0 Å². The standard InChI is InChI=1S/C7H13PS/c1-6-4-5-7(2)8(6,3)9/h4,7H,5H2,1-3H3/t7-,8+/m1/s1. The molecule has 0 unspecified atom stereocenters. The Morgan fingerprint density at radius 1 is 1.78 bits per heavy atom. The van der Waals surface area contributed by atoms with E-state index in [1.807, 2.05) is 0 Å². The van der Waals surface area contributed by atoms with Crippen molar-refractivity contribution in [1.82, 2.24) is 0 Å².